The fraction of sp³-hybridized carbons (Fsp3) is 0.471. The molecule has 1 heterocycles. The number of halogens is 1. The van der Waals surface area contributed by atoms with Crippen molar-refractivity contribution in [3.05, 3.63) is 24.0 Å². The summed E-state index contributed by atoms with van der Waals surface area (Å²) >= 11 is 0. The molecule has 9 heteroatoms. The normalized spacial score (nSPS) is 26.0. The summed E-state index contributed by atoms with van der Waals surface area (Å²) in [4.78, 5) is 36.6. The Bertz CT molecular complexity index is 741. The van der Waals surface area contributed by atoms with Crippen LogP contribution in [-0.4, -0.2) is 48.7 Å². The number of anilines is 2. The lowest BCUT2D eigenvalue weighted by molar-refractivity contribution is -0.126. The Morgan fingerprint density at radius 2 is 2.12 bits per heavy atom. The van der Waals surface area contributed by atoms with E-state index in [1.165, 1.54) is 17.0 Å². The maximum atomic E-state index is 14.4. The Labute approximate surface area is 149 Å². The summed E-state index contributed by atoms with van der Waals surface area (Å²) in [5, 5.41) is 12.4. The molecule has 4 N–H and O–H groups in total. The van der Waals surface area contributed by atoms with Gasteiger partial charge in [0.25, 0.3) is 5.91 Å². The monoisotopic (exact) mass is 365 g/mol. The summed E-state index contributed by atoms with van der Waals surface area (Å²) in [7, 11) is 0. The van der Waals surface area contributed by atoms with E-state index in [9.17, 15) is 23.9 Å². The van der Waals surface area contributed by atoms with Crippen molar-refractivity contribution in [1.29, 1.82) is 0 Å². The van der Waals surface area contributed by atoms with E-state index in [2.05, 4.69) is 5.32 Å². The van der Waals surface area contributed by atoms with Crippen LogP contribution < -0.4 is 16.0 Å². The summed E-state index contributed by atoms with van der Waals surface area (Å²) in [6.07, 6.45) is -0.664. The first-order chi connectivity index (χ1) is 12.4. The van der Waals surface area contributed by atoms with Crippen molar-refractivity contribution in [2.75, 3.05) is 30.0 Å². The van der Waals surface area contributed by atoms with Crippen molar-refractivity contribution in [3.8, 4) is 0 Å². The van der Waals surface area contributed by atoms with Crippen molar-refractivity contribution in [1.82, 2.24) is 0 Å². The molecule has 1 aliphatic heterocycles. The predicted octanol–water partition coefficient (Wildman–Crippen LogP) is -0.000200. The van der Waals surface area contributed by atoms with Crippen LogP contribution in [0.1, 0.15) is 12.8 Å². The van der Waals surface area contributed by atoms with Crippen molar-refractivity contribution in [2.45, 2.75) is 18.9 Å². The van der Waals surface area contributed by atoms with Crippen LogP contribution in [0.3, 0.4) is 0 Å². The number of rotatable bonds is 4. The Morgan fingerprint density at radius 3 is 2.73 bits per heavy atom. The molecular formula is C17H20FN3O5. The first kappa shape index (κ1) is 18.3. The van der Waals surface area contributed by atoms with E-state index in [0.717, 1.165) is 6.07 Å². The highest BCUT2D eigenvalue weighted by molar-refractivity contribution is 5.96. The molecule has 1 saturated heterocycles. The Hall–Kier alpha value is -2.52. The number of carbonyl (C=O) groups excluding carboxylic acids is 3. The van der Waals surface area contributed by atoms with Crippen molar-refractivity contribution in [2.24, 2.45) is 17.6 Å². The van der Waals surface area contributed by atoms with E-state index in [1.807, 2.05) is 0 Å². The summed E-state index contributed by atoms with van der Waals surface area (Å²) in [6, 6.07) is 4.05. The minimum atomic E-state index is -0.949. The quantitative estimate of drug-likeness (QED) is 0.693. The molecule has 3 atom stereocenters. The molecule has 1 saturated carbocycles. The second-order valence-electron chi connectivity index (χ2n) is 6.50. The number of aliphatic hydroxyl groups is 1. The van der Waals surface area contributed by atoms with E-state index in [1.54, 1.807) is 0 Å². The van der Waals surface area contributed by atoms with Crippen LogP contribution in [0.5, 0.6) is 0 Å². The molecule has 2 aliphatic rings. The molecule has 3 rings (SSSR count). The molecule has 0 bridgehead atoms. The van der Waals surface area contributed by atoms with Gasteiger partial charge in [-0.15, -0.1) is 0 Å². The van der Waals surface area contributed by atoms with Gasteiger partial charge < -0.3 is 25.8 Å². The first-order valence-corrected chi connectivity index (χ1v) is 8.32. The van der Waals surface area contributed by atoms with E-state index < -0.39 is 35.6 Å². The number of carbonyl (C=O) groups is 3. The van der Waals surface area contributed by atoms with Gasteiger partial charge in [-0.2, -0.15) is 0 Å². The number of nitrogens with two attached hydrogens (primary N) is 1. The number of ether oxygens (including phenoxy) is 1. The molecule has 0 radical (unpaired) electrons. The molecule has 0 aromatic heterocycles. The summed E-state index contributed by atoms with van der Waals surface area (Å²) in [6.45, 7) is 0.494. The van der Waals surface area contributed by atoms with E-state index in [0.29, 0.717) is 6.61 Å². The summed E-state index contributed by atoms with van der Waals surface area (Å²) in [5.74, 6) is -3.35. The zero-order valence-electron chi connectivity index (χ0n) is 14.0. The SMILES string of the molecule is NC(=O)[C@H]1C[C@@H](C(=O)Nc2ccc(N3CCOCC3=O)c(F)c2)C[C@@H]1O. The van der Waals surface area contributed by atoms with Gasteiger partial charge >= 0.3 is 0 Å². The summed E-state index contributed by atoms with van der Waals surface area (Å²) in [5.41, 5.74) is 5.56. The maximum absolute atomic E-state index is 14.4. The average molecular weight is 365 g/mol. The molecule has 140 valence electrons. The second kappa shape index (κ2) is 7.38. The zero-order chi connectivity index (χ0) is 18.8. The number of nitrogens with zero attached hydrogens (tertiary/aromatic N) is 1. The van der Waals surface area contributed by atoms with Gasteiger partial charge in [-0.3, -0.25) is 14.4 Å². The van der Waals surface area contributed by atoms with Gasteiger partial charge in [0, 0.05) is 18.2 Å². The minimum Gasteiger partial charge on any atom is -0.392 e. The van der Waals surface area contributed by atoms with Gasteiger partial charge in [0.1, 0.15) is 12.4 Å². The molecular weight excluding hydrogens is 345 g/mol. The van der Waals surface area contributed by atoms with E-state index in [-0.39, 0.29) is 43.3 Å². The largest absolute Gasteiger partial charge is 0.392 e. The Balaban J connectivity index is 1.67. The van der Waals surface area contributed by atoms with Crippen LogP contribution in [0.2, 0.25) is 0 Å². The smallest absolute Gasteiger partial charge is 0.253 e. The molecule has 1 aromatic carbocycles. The van der Waals surface area contributed by atoms with Crippen molar-refractivity contribution < 1.29 is 28.6 Å². The Morgan fingerprint density at radius 1 is 1.35 bits per heavy atom. The molecule has 0 unspecified atom stereocenters. The highest BCUT2D eigenvalue weighted by Crippen LogP contribution is 2.32. The second-order valence-corrected chi connectivity index (χ2v) is 6.50. The van der Waals surface area contributed by atoms with Crippen LogP contribution in [0.15, 0.2) is 18.2 Å². The van der Waals surface area contributed by atoms with Crippen LogP contribution in [0, 0.1) is 17.7 Å². The van der Waals surface area contributed by atoms with Gasteiger partial charge in [0.2, 0.25) is 11.8 Å². The number of amides is 3. The molecule has 0 spiro atoms. The average Bonchev–Trinajstić information content (AvgIpc) is 2.98. The third-order valence-corrected chi connectivity index (χ3v) is 4.76. The maximum Gasteiger partial charge on any atom is 0.253 e. The molecule has 1 aromatic rings. The third-order valence-electron chi connectivity index (χ3n) is 4.76. The number of hydrogen-bond donors (Lipinski definition) is 3. The molecule has 26 heavy (non-hydrogen) atoms. The number of morpholine rings is 1. The number of benzene rings is 1. The minimum absolute atomic E-state index is 0.0943. The summed E-state index contributed by atoms with van der Waals surface area (Å²) < 4.78 is 19.4. The van der Waals surface area contributed by atoms with Crippen LogP contribution in [-0.2, 0) is 19.1 Å². The van der Waals surface area contributed by atoms with Gasteiger partial charge in [0.15, 0.2) is 0 Å². The zero-order valence-corrected chi connectivity index (χ0v) is 14.0. The van der Waals surface area contributed by atoms with Gasteiger partial charge in [-0.25, -0.2) is 4.39 Å². The van der Waals surface area contributed by atoms with Crippen molar-refractivity contribution >= 4 is 29.1 Å². The highest BCUT2D eigenvalue weighted by Gasteiger charge is 2.39. The van der Waals surface area contributed by atoms with Crippen LogP contribution in [0.4, 0.5) is 15.8 Å². The topological polar surface area (TPSA) is 122 Å². The predicted molar refractivity (Wildman–Crippen MR) is 89.6 cm³/mol. The van der Waals surface area contributed by atoms with Crippen molar-refractivity contribution in [3.63, 3.8) is 0 Å². The standard InChI is InChI=1S/C17H20FN3O5/c18-12-7-10(1-2-13(12)21-3-4-26-8-15(21)23)20-17(25)9-5-11(16(19)24)14(22)6-9/h1-2,7,9,11,14,22H,3-6,8H2,(H2,19,24)(H,20,25)/t9-,11+,14+/m1/s1. The lowest BCUT2D eigenvalue weighted by Gasteiger charge is -2.27. The fourth-order valence-corrected chi connectivity index (χ4v) is 3.36. The van der Waals surface area contributed by atoms with E-state index in [4.69, 9.17) is 10.5 Å². The molecule has 8 nitrogen and oxygen atoms in total. The highest BCUT2D eigenvalue weighted by atomic mass is 19.1. The third kappa shape index (κ3) is 3.68. The number of primary amides is 1. The lowest BCUT2D eigenvalue weighted by Crippen LogP contribution is -2.42. The fourth-order valence-electron chi connectivity index (χ4n) is 3.36. The Kier molecular flexibility index (Phi) is 5.19. The molecule has 3 amide bonds. The van der Waals surface area contributed by atoms with Crippen LogP contribution >= 0.6 is 0 Å². The van der Waals surface area contributed by atoms with Gasteiger partial charge in [-0.1, -0.05) is 0 Å². The van der Waals surface area contributed by atoms with Crippen LogP contribution in [0.25, 0.3) is 0 Å². The molecule has 2 fully saturated rings. The lowest BCUT2D eigenvalue weighted by atomic mass is 10.0. The first-order valence-electron chi connectivity index (χ1n) is 8.32. The number of aliphatic hydroxyl groups excluding tert-OH is 1. The van der Waals surface area contributed by atoms with E-state index >= 15 is 0 Å². The number of hydrogen-bond acceptors (Lipinski definition) is 5. The molecule has 1 aliphatic carbocycles. The number of nitrogens with one attached hydrogen (secondary N) is 1. The van der Waals surface area contributed by atoms with Gasteiger partial charge in [0.05, 0.1) is 24.3 Å². The van der Waals surface area contributed by atoms with Gasteiger partial charge in [-0.05, 0) is 31.0 Å².